The Morgan fingerprint density at radius 3 is 2.23 bits per heavy atom. The van der Waals surface area contributed by atoms with Crippen molar-refractivity contribution in [2.24, 2.45) is 0 Å². The van der Waals surface area contributed by atoms with Crippen LogP contribution in [0.25, 0.3) is 0 Å². The highest BCUT2D eigenvalue weighted by atomic mass is 19.4. The highest BCUT2D eigenvalue weighted by molar-refractivity contribution is 6.08. The molecule has 12 heteroatoms. The number of urea groups is 1. The fourth-order valence-electron chi connectivity index (χ4n) is 5.44. The van der Waals surface area contributed by atoms with Gasteiger partial charge in [-0.05, 0) is 62.3 Å². The van der Waals surface area contributed by atoms with Gasteiger partial charge in [0.2, 0.25) is 0 Å². The van der Waals surface area contributed by atoms with Crippen LogP contribution in [0.1, 0.15) is 61.0 Å². The van der Waals surface area contributed by atoms with Crippen molar-refractivity contribution in [3.63, 3.8) is 0 Å². The van der Waals surface area contributed by atoms with Gasteiger partial charge in [-0.2, -0.15) is 18.4 Å². The van der Waals surface area contributed by atoms with Gasteiger partial charge in [0.05, 0.1) is 41.5 Å². The second kappa shape index (κ2) is 12.2. The SMILES string of the molecule is CCN(CC)CCONC(=O)c1ccc(N2C(=O)N(c3ccc(C#N)c(C(F)(F)F)c3)C3CCCCC32)cc1F. The third-order valence-corrected chi connectivity index (χ3v) is 7.52. The highest BCUT2D eigenvalue weighted by Gasteiger charge is 2.48. The number of benzene rings is 2. The molecule has 4 rings (SSSR count). The Morgan fingerprint density at radius 2 is 1.68 bits per heavy atom. The van der Waals surface area contributed by atoms with Gasteiger partial charge in [-0.25, -0.2) is 14.7 Å². The number of hydrogen-bond donors (Lipinski definition) is 1. The summed E-state index contributed by atoms with van der Waals surface area (Å²) >= 11 is 0. The standard InChI is InChI=1S/C28H31F4N5O3/c1-3-35(4-2)13-14-40-34-26(38)21-12-11-20(16-23(21)29)37-25-8-6-5-7-24(25)36(27(37)39)19-10-9-18(17-33)22(15-19)28(30,31)32/h9-12,15-16,24-25H,3-8,13-14H2,1-2H3,(H,34,38). The summed E-state index contributed by atoms with van der Waals surface area (Å²) in [7, 11) is 0. The van der Waals surface area contributed by atoms with E-state index in [1.807, 2.05) is 13.8 Å². The van der Waals surface area contributed by atoms with Gasteiger partial charge in [0.15, 0.2) is 0 Å². The van der Waals surface area contributed by atoms with E-state index in [0.29, 0.717) is 19.4 Å². The number of carbonyl (C=O) groups excluding carboxylic acids is 2. The zero-order valence-electron chi connectivity index (χ0n) is 22.3. The number of fused-ring (bicyclic) bond motifs is 1. The predicted molar refractivity (Wildman–Crippen MR) is 140 cm³/mol. The van der Waals surface area contributed by atoms with Crippen LogP contribution in [0.3, 0.4) is 0 Å². The molecule has 1 saturated heterocycles. The van der Waals surface area contributed by atoms with Crippen molar-refractivity contribution in [2.45, 2.75) is 57.8 Å². The lowest BCUT2D eigenvalue weighted by Crippen LogP contribution is -2.40. The number of halogens is 4. The molecule has 2 aliphatic rings. The first kappa shape index (κ1) is 29.3. The van der Waals surface area contributed by atoms with E-state index in [0.717, 1.165) is 44.1 Å². The van der Waals surface area contributed by atoms with Crippen LogP contribution in [-0.2, 0) is 11.0 Å². The van der Waals surface area contributed by atoms with Crippen LogP contribution in [0.2, 0.25) is 0 Å². The number of hydrogen-bond acceptors (Lipinski definition) is 5. The number of hydroxylamine groups is 1. The minimum Gasteiger partial charge on any atom is -0.301 e. The van der Waals surface area contributed by atoms with Crippen LogP contribution in [0.5, 0.6) is 0 Å². The molecule has 1 aliphatic carbocycles. The molecular formula is C28H31F4N5O3. The summed E-state index contributed by atoms with van der Waals surface area (Å²) in [5.41, 5.74) is 0.535. The lowest BCUT2D eigenvalue weighted by molar-refractivity contribution is -0.137. The molecule has 1 N–H and O–H groups in total. The first-order chi connectivity index (χ1) is 19.1. The summed E-state index contributed by atoms with van der Waals surface area (Å²) in [6, 6.07) is 7.12. The zero-order valence-corrected chi connectivity index (χ0v) is 22.3. The number of amides is 3. The van der Waals surface area contributed by atoms with E-state index in [4.69, 9.17) is 10.1 Å². The Bertz CT molecular complexity index is 1290. The molecule has 0 bridgehead atoms. The van der Waals surface area contributed by atoms with Crippen LogP contribution in [0.15, 0.2) is 36.4 Å². The fraction of sp³-hybridized carbons (Fsp3) is 0.464. The molecule has 0 aromatic heterocycles. The van der Waals surface area contributed by atoms with Gasteiger partial charge in [0, 0.05) is 17.9 Å². The summed E-state index contributed by atoms with van der Waals surface area (Å²) in [4.78, 5) is 36.1. The molecule has 0 spiro atoms. The maximum Gasteiger partial charge on any atom is 0.417 e. The number of alkyl halides is 3. The van der Waals surface area contributed by atoms with Crippen molar-refractivity contribution in [3.05, 3.63) is 58.9 Å². The number of nitrogens with zero attached hydrogens (tertiary/aromatic N) is 4. The average molecular weight is 562 g/mol. The first-order valence-corrected chi connectivity index (χ1v) is 13.3. The Balaban J connectivity index is 1.57. The maximum absolute atomic E-state index is 15.1. The van der Waals surface area contributed by atoms with Crippen LogP contribution in [0, 0.1) is 17.1 Å². The highest BCUT2D eigenvalue weighted by Crippen LogP contribution is 2.42. The van der Waals surface area contributed by atoms with E-state index in [1.165, 1.54) is 28.0 Å². The van der Waals surface area contributed by atoms with Crippen molar-refractivity contribution >= 4 is 23.3 Å². The molecule has 2 aromatic carbocycles. The summed E-state index contributed by atoms with van der Waals surface area (Å²) in [6.07, 6.45) is -2.05. The number of rotatable bonds is 9. The molecule has 2 fully saturated rings. The van der Waals surface area contributed by atoms with Crippen molar-refractivity contribution < 1.29 is 32.0 Å². The summed E-state index contributed by atoms with van der Waals surface area (Å²) in [5.74, 6) is -1.63. The second-order valence-corrected chi connectivity index (χ2v) is 9.75. The summed E-state index contributed by atoms with van der Waals surface area (Å²) in [5, 5.41) is 9.15. The number of carbonyl (C=O) groups is 2. The van der Waals surface area contributed by atoms with Crippen LogP contribution >= 0.6 is 0 Å². The molecule has 2 unspecified atom stereocenters. The van der Waals surface area contributed by atoms with E-state index in [2.05, 4.69) is 10.4 Å². The molecular weight excluding hydrogens is 530 g/mol. The normalized spacial score (nSPS) is 19.1. The number of anilines is 2. The number of nitriles is 1. The predicted octanol–water partition coefficient (Wildman–Crippen LogP) is 5.48. The van der Waals surface area contributed by atoms with Crippen LogP contribution < -0.4 is 15.3 Å². The average Bonchev–Trinajstić information content (AvgIpc) is 3.23. The van der Waals surface area contributed by atoms with Gasteiger partial charge in [-0.15, -0.1) is 0 Å². The fourth-order valence-corrected chi connectivity index (χ4v) is 5.44. The minimum absolute atomic E-state index is 0.0223. The van der Waals surface area contributed by atoms with Crippen molar-refractivity contribution in [1.29, 1.82) is 5.26 Å². The molecule has 2 aromatic rings. The monoisotopic (exact) mass is 561 g/mol. The zero-order chi connectivity index (χ0) is 29.0. The molecule has 214 valence electrons. The Morgan fingerprint density at radius 1 is 1.07 bits per heavy atom. The first-order valence-electron chi connectivity index (χ1n) is 13.3. The van der Waals surface area contributed by atoms with Gasteiger partial charge in [-0.1, -0.05) is 26.7 Å². The molecule has 2 atom stereocenters. The molecule has 1 saturated carbocycles. The Hall–Kier alpha value is -3.69. The lowest BCUT2D eigenvalue weighted by Gasteiger charge is -2.32. The van der Waals surface area contributed by atoms with E-state index < -0.39 is 47.1 Å². The number of likely N-dealkylation sites (N-methyl/N-ethyl adjacent to an activating group) is 1. The Labute approximate surface area is 230 Å². The van der Waals surface area contributed by atoms with Gasteiger partial charge in [0.25, 0.3) is 5.91 Å². The summed E-state index contributed by atoms with van der Waals surface area (Å²) in [6.45, 7) is 6.47. The molecule has 40 heavy (non-hydrogen) atoms. The third-order valence-electron chi connectivity index (χ3n) is 7.52. The van der Waals surface area contributed by atoms with Crippen LogP contribution in [0.4, 0.5) is 33.7 Å². The third kappa shape index (κ3) is 5.90. The van der Waals surface area contributed by atoms with Crippen molar-refractivity contribution in [2.75, 3.05) is 36.0 Å². The van der Waals surface area contributed by atoms with E-state index in [-0.39, 0.29) is 23.5 Å². The van der Waals surface area contributed by atoms with Crippen molar-refractivity contribution in [1.82, 2.24) is 10.4 Å². The molecule has 1 aliphatic heterocycles. The minimum atomic E-state index is -4.77. The van der Waals surface area contributed by atoms with E-state index >= 15 is 4.39 Å². The van der Waals surface area contributed by atoms with E-state index in [9.17, 15) is 22.8 Å². The van der Waals surface area contributed by atoms with Crippen molar-refractivity contribution in [3.8, 4) is 6.07 Å². The molecule has 1 heterocycles. The second-order valence-electron chi connectivity index (χ2n) is 9.75. The van der Waals surface area contributed by atoms with Gasteiger partial charge < -0.3 is 4.90 Å². The molecule has 3 amide bonds. The lowest BCUT2D eigenvalue weighted by atomic mass is 9.89. The topological polar surface area (TPSA) is 88.9 Å². The Kier molecular flexibility index (Phi) is 8.95. The van der Waals surface area contributed by atoms with Gasteiger partial charge >= 0.3 is 12.2 Å². The molecule has 8 nitrogen and oxygen atoms in total. The van der Waals surface area contributed by atoms with Gasteiger partial charge in [-0.3, -0.25) is 19.4 Å². The summed E-state index contributed by atoms with van der Waals surface area (Å²) < 4.78 is 56.0. The number of nitrogens with one attached hydrogen (secondary N) is 1. The largest absolute Gasteiger partial charge is 0.417 e. The maximum atomic E-state index is 15.1. The smallest absolute Gasteiger partial charge is 0.301 e. The quantitative estimate of drug-likeness (QED) is 0.249. The van der Waals surface area contributed by atoms with E-state index in [1.54, 1.807) is 6.07 Å². The van der Waals surface area contributed by atoms with Gasteiger partial charge in [0.1, 0.15) is 5.82 Å². The molecule has 0 radical (unpaired) electrons. The van der Waals surface area contributed by atoms with Crippen LogP contribution in [-0.4, -0.2) is 55.2 Å².